The van der Waals surface area contributed by atoms with E-state index in [1.807, 2.05) is 36.4 Å². The first-order valence-corrected chi connectivity index (χ1v) is 7.70. The highest BCUT2D eigenvalue weighted by atomic mass is 16.5. The molecule has 0 atom stereocenters. The molecule has 0 bridgehead atoms. The van der Waals surface area contributed by atoms with Crippen molar-refractivity contribution in [3.8, 4) is 0 Å². The van der Waals surface area contributed by atoms with E-state index in [0.29, 0.717) is 23.7 Å². The molecule has 0 aliphatic carbocycles. The van der Waals surface area contributed by atoms with Gasteiger partial charge >= 0.3 is 0 Å². The molecular weight excluding hydrogens is 306 g/mol. The predicted molar refractivity (Wildman–Crippen MR) is 90.1 cm³/mol. The summed E-state index contributed by atoms with van der Waals surface area (Å²) in [6.07, 6.45) is 0.183. The molecule has 24 heavy (non-hydrogen) atoms. The zero-order valence-electron chi connectivity index (χ0n) is 13.1. The largest absolute Gasteiger partial charge is 0.360 e. The molecule has 2 heterocycles. The maximum absolute atomic E-state index is 12.6. The summed E-state index contributed by atoms with van der Waals surface area (Å²) in [5, 5.41) is 8.38. The van der Waals surface area contributed by atoms with Gasteiger partial charge < -0.3 is 14.7 Å². The van der Waals surface area contributed by atoms with Gasteiger partial charge in [0.2, 0.25) is 5.91 Å². The summed E-state index contributed by atoms with van der Waals surface area (Å²) in [6, 6.07) is 13.2. The minimum atomic E-state index is -0.209. The Labute approximate surface area is 138 Å². The first kappa shape index (κ1) is 14.4. The summed E-state index contributed by atoms with van der Waals surface area (Å²) in [5.74, 6) is 0.740. The van der Waals surface area contributed by atoms with E-state index in [9.17, 15) is 9.59 Å². The molecule has 0 saturated carbocycles. The van der Waals surface area contributed by atoms with Crippen molar-refractivity contribution in [2.75, 3.05) is 16.8 Å². The number of aryl methyl sites for hydroxylation is 1. The second-order valence-electron chi connectivity index (χ2n) is 5.76. The number of carbonyl (C=O) groups excluding carboxylic acids is 2. The van der Waals surface area contributed by atoms with Gasteiger partial charge in [0.1, 0.15) is 5.76 Å². The van der Waals surface area contributed by atoms with Crippen LogP contribution in [0.15, 0.2) is 47.0 Å². The van der Waals surface area contributed by atoms with Gasteiger partial charge in [-0.05, 0) is 24.4 Å². The molecule has 1 aliphatic heterocycles. The SMILES string of the molecule is Cc1cc(NC(=O)CCN2C(=O)c3cccc4cccc2c34)no1. The molecule has 2 aromatic carbocycles. The van der Waals surface area contributed by atoms with Crippen molar-refractivity contribution < 1.29 is 14.1 Å². The number of anilines is 2. The molecule has 1 aliphatic rings. The van der Waals surface area contributed by atoms with Crippen LogP contribution in [-0.4, -0.2) is 23.5 Å². The van der Waals surface area contributed by atoms with Crippen LogP contribution in [0, 0.1) is 6.92 Å². The van der Waals surface area contributed by atoms with Crippen molar-refractivity contribution in [1.82, 2.24) is 5.16 Å². The number of nitrogens with zero attached hydrogens (tertiary/aromatic N) is 2. The van der Waals surface area contributed by atoms with Gasteiger partial charge in [-0.3, -0.25) is 9.59 Å². The Morgan fingerprint density at radius 3 is 2.79 bits per heavy atom. The molecule has 0 saturated heterocycles. The third-order valence-corrected chi connectivity index (χ3v) is 4.11. The van der Waals surface area contributed by atoms with Gasteiger partial charge in [0.25, 0.3) is 5.91 Å². The molecule has 3 aromatic rings. The van der Waals surface area contributed by atoms with Crippen LogP contribution in [0.3, 0.4) is 0 Å². The maximum Gasteiger partial charge on any atom is 0.259 e. The Morgan fingerprint density at radius 1 is 1.25 bits per heavy atom. The van der Waals surface area contributed by atoms with E-state index >= 15 is 0 Å². The van der Waals surface area contributed by atoms with E-state index in [-0.39, 0.29) is 18.2 Å². The number of hydrogen-bond donors (Lipinski definition) is 1. The maximum atomic E-state index is 12.6. The normalized spacial score (nSPS) is 12.9. The number of hydrogen-bond acceptors (Lipinski definition) is 4. The highest BCUT2D eigenvalue weighted by molar-refractivity contribution is 6.25. The van der Waals surface area contributed by atoms with Gasteiger partial charge in [-0.15, -0.1) is 0 Å². The lowest BCUT2D eigenvalue weighted by Gasteiger charge is -2.17. The minimum absolute atomic E-state index is 0.0631. The minimum Gasteiger partial charge on any atom is -0.360 e. The molecular formula is C18H15N3O3. The quantitative estimate of drug-likeness (QED) is 0.801. The molecule has 6 heteroatoms. The summed E-state index contributed by atoms with van der Waals surface area (Å²) in [7, 11) is 0. The first-order valence-electron chi connectivity index (χ1n) is 7.70. The lowest BCUT2D eigenvalue weighted by atomic mass is 10.1. The van der Waals surface area contributed by atoms with Crippen LogP contribution in [0.25, 0.3) is 10.8 Å². The summed E-state index contributed by atoms with van der Waals surface area (Å²) < 4.78 is 4.91. The van der Waals surface area contributed by atoms with Gasteiger partial charge in [-0.25, -0.2) is 0 Å². The van der Waals surface area contributed by atoms with Crippen molar-refractivity contribution in [1.29, 1.82) is 0 Å². The number of carbonyl (C=O) groups is 2. The molecule has 120 valence electrons. The molecule has 0 fully saturated rings. The van der Waals surface area contributed by atoms with Crippen molar-refractivity contribution in [3.05, 3.63) is 53.8 Å². The zero-order chi connectivity index (χ0) is 16.7. The van der Waals surface area contributed by atoms with Crippen molar-refractivity contribution in [2.45, 2.75) is 13.3 Å². The molecule has 1 N–H and O–H groups in total. The summed E-state index contributed by atoms with van der Waals surface area (Å²) >= 11 is 0. The van der Waals surface area contributed by atoms with Crippen molar-refractivity contribution in [3.63, 3.8) is 0 Å². The monoisotopic (exact) mass is 321 g/mol. The number of amides is 2. The molecule has 2 amide bonds. The fraction of sp³-hybridized carbons (Fsp3) is 0.167. The third-order valence-electron chi connectivity index (χ3n) is 4.11. The Kier molecular flexibility index (Phi) is 3.30. The second-order valence-corrected chi connectivity index (χ2v) is 5.76. The highest BCUT2D eigenvalue weighted by Crippen LogP contribution is 2.37. The van der Waals surface area contributed by atoms with Crippen LogP contribution in [0.5, 0.6) is 0 Å². The standard InChI is InChI=1S/C18H15N3O3/c1-11-10-15(20-24-11)19-16(22)8-9-21-14-7-3-5-12-4-2-6-13(17(12)14)18(21)23/h2-7,10H,8-9H2,1H3,(H,19,20,22). The Balaban J connectivity index is 1.51. The average Bonchev–Trinajstić information content (AvgIpc) is 3.10. The highest BCUT2D eigenvalue weighted by Gasteiger charge is 2.29. The smallest absolute Gasteiger partial charge is 0.259 e. The van der Waals surface area contributed by atoms with Crippen LogP contribution in [-0.2, 0) is 4.79 Å². The van der Waals surface area contributed by atoms with Crippen molar-refractivity contribution >= 4 is 34.1 Å². The summed E-state index contributed by atoms with van der Waals surface area (Å²) in [5.41, 5.74) is 1.55. The van der Waals surface area contributed by atoms with Crippen LogP contribution in [0.1, 0.15) is 22.5 Å². The van der Waals surface area contributed by atoms with Crippen LogP contribution < -0.4 is 10.2 Å². The van der Waals surface area contributed by atoms with E-state index in [1.54, 1.807) is 17.9 Å². The Hall–Kier alpha value is -3.15. The van der Waals surface area contributed by atoms with E-state index < -0.39 is 0 Å². The third kappa shape index (κ3) is 2.32. The average molecular weight is 321 g/mol. The zero-order valence-corrected chi connectivity index (χ0v) is 13.1. The molecule has 1 aromatic heterocycles. The lowest BCUT2D eigenvalue weighted by Crippen LogP contribution is -2.30. The fourth-order valence-electron chi connectivity index (χ4n) is 3.05. The number of benzene rings is 2. The van der Waals surface area contributed by atoms with E-state index in [2.05, 4.69) is 10.5 Å². The topological polar surface area (TPSA) is 75.4 Å². The van der Waals surface area contributed by atoms with E-state index in [4.69, 9.17) is 4.52 Å². The lowest BCUT2D eigenvalue weighted by molar-refractivity contribution is -0.116. The van der Waals surface area contributed by atoms with Crippen LogP contribution in [0.2, 0.25) is 0 Å². The number of rotatable bonds is 4. The Morgan fingerprint density at radius 2 is 2.04 bits per heavy atom. The molecule has 0 radical (unpaired) electrons. The second kappa shape index (κ2) is 5.49. The van der Waals surface area contributed by atoms with Gasteiger partial charge in [0.15, 0.2) is 5.82 Å². The molecule has 0 unspecified atom stereocenters. The Bertz CT molecular complexity index is 956. The van der Waals surface area contributed by atoms with Crippen LogP contribution in [0.4, 0.5) is 11.5 Å². The van der Waals surface area contributed by atoms with Gasteiger partial charge in [0, 0.05) is 30.0 Å². The van der Waals surface area contributed by atoms with E-state index in [0.717, 1.165) is 16.5 Å². The van der Waals surface area contributed by atoms with Gasteiger partial charge in [-0.2, -0.15) is 0 Å². The van der Waals surface area contributed by atoms with Crippen LogP contribution >= 0.6 is 0 Å². The first-order chi connectivity index (χ1) is 11.6. The number of aromatic nitrogens is 1. The van der Waals surface area contributed by atoms with Gasteiger partial charge in [0.05, 0.1) is 5.69 Å². The predicted octanol–water partition coefficient (Wildman–Crippen LogP) is 3.13. The summed E-state index contributed by atoms with van der Waals surface area (Å²) in [6.45, 7) is 2.07. The van der Waals surface area contributed by atoms with Crippen molar-refractivity contribution in [2.24, 2.45) is 0 Å². The molecule has 4 rings (SSSR count). The number of nitrogens with one attached hydrogen (secondary N) is 1. The molecule has 0 spiro atoms. The summed E-state index contributed by atoms with van der Waals surface area (Å²) in [4.78, 5) is 26.3. The fourth-order valence-corrected chi connectivity index (χ4v) is 3.05. The van der Waals surface area contributed by atoms with Gasteiger partial charge in [-0.1, -0.05) is 29.4 Å². The van der Waals surface area contributed by atoms with E-state index in [1.165, 1.54) is 0 Å². The molecule has 6 nitrogen and oxygen atoms in total.